The summed E-state index contributed by atoms with van der Waals surface area (Å²) in [7, 11) is -4.73. The molecule has 0 bridgehead atoms. The molecule has 10 heteroatoms. The van der Waals surface area contributed by atoms with Crippen LogP contribution in [0.1, 0.15) is 0 Å². The molecule has 0 amide bonds. The van der Waals surface area contributed by atoms with Crippen molar-refractivity contribution in [2.45, 2.75) is 19.6 Å². The monoisotopic (exact) mass is 1380 g/mol. The van der Waals surface area contributed by atoms with Crippen LogP contribution in [0, 0.1) is 0 Å². The van der Waals surface area contributed by atoms with E-state index in [2.05, 4.69) is 427 Å². The van der Waals surface area contributed by atoms with Gasteiger partial charge >= 0.3 is 0 Å². The smallest absolute Gasteiger partial charge is 0.0703 e. The number of rotatable bonds is 8. The number of hydrogen-bond donors (Lipinski definition) is 0. The van der Waals surface area contributed by atoms with Gasteiger partial charge in [0.2, 0.25) is 0 Å². The zero-order chi connectivity index (χ0) is 69.8. The number of anilines is 24. The van der Waals surface area contributed by atoms with Gasteiger partial charge in [0.25, 0.3) is 0 Å². The first-order valence-corrected chi connectivity index (χ1v) is 38.0. The van der Waals surface area contributed by atoms with Crippen LogP contribution < -0.4 is 39.2 Å². The summed E-state index contributed by atoms with van der Waals surface area (Å²) in [5.74, 6) is 0. The summed E-state index contributed by atoms with van der Waals surface area (Å²) in [4.78, 5) is 22.2. The molecule has 6 aliphatic heterocycles. The SMILES string of the molecule is O=S12(c3ccc(N4c5ccccc5N(c5ccccc5)c5ccccc54)cc3-c3cc(N4c5ccccc5N(c5ccccc5)c5ccccc54)ccc31)c1ccc(N3c4ccccc4N(c4ccccc4)c4ccccc43)cc1-c1cc(N3c4ccccc4N(c4ccccc4)c4ccccc43)ccc12. The Morgan fingerprint density at radius 3 is 0.425 bits per heavy atom. The lowest BCUT2D eigenvalue weighted by molar-refractivity contribution is 0.658. The third-order valence-electron chi connectivity index (χ3n) is 22.1. The normalized spacial score (nSPS) is 14.9. The van der Waals surface area contributed by atoms with E-state index < -0.39 is 9.07 Å². The standard InChI is InChI=1S/C96H64N8OS/c105-106(93-57-53-69(101-85-45-21-13-37-77(85)97(65-29-5-1-6-30-65)78-38-14-22-46-86(78)101)61-73(93)74-62-70(54-58-94(74)106)102-87-47-23-15-39-79(87)98(66-31-7-2-8-32-66)80-40-16-24-48-88(80)102)95-59-55-71(103-89-49-25-17-41-81(89)99(67-33-9-3-10-34-67)82-42-18-26-50-90(82)103)63-75(95)76-64-72(56-60-96(76)106)104-91-51-27-19-43-83(91)100(68-35-11-4-12-36-68)84-44-20-28-52-92(84)104/h1-64H. The molecule has 0 radical (unpaired) electrons. The minimum Gasteiger partial charge on any atom is -0.306 e. The molecule has 0 saturated carbocycles. The summed E-state index contributed by atoms with van der Waals surface area (Å²) >= 11 is 0. The minimum atomic E-state index is -4.73. The van der Waals surface area contributed by atoms with Gasteiger partial charge in [-0.15, -0.1) is 0 Å². The molecule has 22 rings (SSSR count). The van der Waals surface area contributed by atoms with Gasteiger partial charge in [0.05, 0.1) is 91.0 Å². The van der Waals surface area contributed by atoms with E-state index in [4.69, 9.17) is 0 Å². The predicted molar refractivity (Wildman–Crippen MR) is 437 cm³/mol. The van der Waals surface area contributed by atoms with Crippen LogP contribution in [0.5, 0.6) is 0 Å². The highest BCUT2D eigenvalue weighted by molar-refractivity contribution is 8.21. The zero-order valence-corrected chi connectivity index (χ0v) is 58.2. The lowest BCUT2D eigenvalue weighted by Gasteiger charge is -2.42. The summed E-state index contributed by atoms with van der Waals surface area (Å²) in [6.07, 6.45) is 0. The van der Waals surface area contributed by atoms with Crippen molar-refractivity contribution < 1.29 is 4.21 Å². The van der Waals surface area contributed by atoms with E-state index in [0.29, 0.717) is 0 Å². The van der Waals surface area contributed by atoms with Crippen molar-refractivity contribution in [3.63, 3.8) is 0 Å². The van der Waals surface area contributed by atoms with Gasteiger partial charge in [0, 0.05) is 96.4 Å². The zero-order valence-electron chi connectivity index (χ0n) is 57.3. The van der Waals surface area contributed by atoms with Gasteiger partial charge in [0.15, 0.2) is 0 Å². The highest BCUT2D eigenvalue weighted by Crippen LogP contribution is 2.74. The van der Waals surface area contributed by atoms with Crippen molar-refractivity contribution >= 4 is 146 Å². The maximum atomic E-state index is 19.9. The van der Waals surface area contributed by atoms with Crippen LogP contribution in [-0.2, 0) is 9.07 Å². The van der Waals surface area contributed by atoms with E-state index in [9.17, 15) is 0 Å². The van der Waals surface area contributed by atoms with Gasteiger partial charge in [-0.05, 0) is 218 Å². The highest BCUT2D eigenvalue weighted by Gasteiger charge is 2.58. The van der Waals surface area contributed by atoms with Gasteiger partial charge in [-0.3, -0.25) is 4.21 Å². The molecule has 500 valence electrons. The molecule has 0 aromatic heterocycles. The van der Waals surface area contributed by atoms with Crippen molar-refractivity contribution in [3.8, 4) is 22.3 Å². The second-order valence-electron chi connectivity index (χ2n) is 27.6. The van der Waals surface area contributed by atoms with E-state index in [1.54, 1.807) is 0 Å². The molecule has 6 heterocycles. The Kier molecular flexibility index (Phi) is 12.8. The summed E-state index contributed by atoms with van der Waals surface area (Å²) in [6, 6.07) is 139. The second-order valence-corrected chi connectivity index (χ2v) is 31.3. The number of benzene rings is 16. The van der Waals surface area contributed by atoms with Crippen molar-refractivity contribution in [1.29, 1.82) is 0 Å². The lowest BCUT2D eigenvalue weighted by Crippen LogP contribution is -2.30. The van der Waals surface area contributed by atoms with Crippen LogP contribution in [0.4, 0.5) is 136 Å². The maximum Gasteiger partial charge on any atom is 0.0703 e. The van der Waals surface area contributed by atoms with Crippen molar-refractivity contribution in [2.24, 2.45) is 0 Å². The maximum absolute atomic E-state index is 19.9. The largest absolute Gasteiger partial charge is 0.306 e. The summed E-state index contributed by atoms with van der Waals surface area (Å²) in [5.41, 5.74) is 28.3. The first-order valence-electron chi connectivity index (χ1n) is 36.1. The molecule has 0 atom stereocenters. The summed E-state index contributed by atoms with van der Waals surface area (Å²) in [5, 5.41) is 0. The number of para-hydroxylation sites is 20. The van der Waals surface area contributed by atoms with Crippen molar-refractivity contribution in [1.82, 2.24) is 0 Å². The molecule has 0 fully saturated rings. The van der Waals surface area contributed by atoms with Crippen LogP contribution in [0.25, 0.3) is 22.3 Å². The molecule has 0 unspecified atom stereocenters. The van der Waals surface area contributed by atoms with Crippen LogP contribution in [-0.4, -0.2) is 4.21 Å². The van der Waals surface area contributed by atoms with Gasteiger partial charge in [-0.1, -0.05) is 170 Å². The molecular formula is C96H64N8OS. The van der Waals surface area contributed by atoms with E-state index in [-0.39, 0.29) is 0 Å². The number of nitrogens with zero attached hydrogens (tertiary/aromatic N) is 8. The van der Waals surface area contributed by atoms with E-state index >= 15 is 4.21 Å². The molecule has 16 aromatic carbocycles. The van der Waals surface area contributed by atoms with Crippen molar-refractivity contribution in [2.75, 3.05) is 39.2 Å². The van der Waals surface area contributed by atoms with Gasteiger partial charge in [-0.2, -0.15) is 0 Å². The fourth-order valence-electron chi connectivity index (χ4n) is 17.9. The van der Waals surface area contributed by atoms with Crippen molar-refractivity contribution in [3.05, 3.63) is 388 Å². The molecule has 16 aromatic rings. The average Bonchev–Trinajstić information content (AvgIpc) is 1.47. The number of hydrogen-bond acceptors (Lipinski definition) is 9. The average molecular weight is 1380 g/mol. The Labute approximate surface area is 615 Å². The Balaban J connectivity index is 0.812. The lowest BCUT2D eigenvalue weighted by atomic mass is 10.0. The fourth-order valence-corrected chi connectivity index (χ4v) is 22.9. The van der Waals surface area contributed by atoms with Crippen LogP contribution in [0.15, 0.2) is 408 Å². The Morgan fingerprint density at radius 2 is 0.274 bits per heavy atom. The summed E-state index contributed by atoms with van der Waals surface area (Å²) < 4.78 is 19.9. The quantitative estimate of drug-likeness (QED) is 0.148. The third kappa shape index (κ3) is 8.26. The molecule has 6 aliphatic rings. The Hall–Kier alpha value is -13.9. The molecule has 1 spiro atoms. The molecule has 0 saturated heterocycles. The minimum absolute atomic E-state index is 0.770. The van der Waals surface area contributed by atoms with E-state index in [1.165, 1.54) is 0 Å². The number of fused-ring (bicyclic) bond motifs is 18. The van der Waals surface area contributed by atoms with E-state index in [1.807, 2.05) is 0 Å². The molecular weight excluding hydrogens is 1310 g/mol. The molecule has 106 heavy (non-hydrogen) atoms. The summed E-state index contributed by atoms with van der Waals surface area (Å²) in [6.45, 7) is 0. The van der Waals surface area contributed by atoms with Gasteiger partial charge in [0.1, 0.15) is 0 Å². The van der Waals surface area contributed by atoms with E-state index in [0.717, 1.165) is 178 Å². The van der Waals surface area contributed by atoms with Gasteiger partial charge < -0.3 is 39.2 Å². The fraction of sp³-hybridized carbons (Fsp3) is 0. The van der Waals surface area contributed by atoms with Crippen LogP contribution in [0.3, 0.4) is 0 Å². The van der Waals surface area contributed by atoms with Crippen LogP contribution >= 0.6 is 0 Å². The molecule has 0 aliphatic carbocycles. The van der Waals surface area contributed by atoms with Crippen LogP contribution in [0.2, 0.25) is 0 Å². The Bertz CT molecular complexity index is 5420. The molecule has 0 N–H and O–H groups in total. The van der Waals surface area contributed by atoms with Gasteiger partial charge in [-0.25, -0.2) is 0 Å². The second kappa shape index (κ2) is 22.8. The Morgan fingerprint density at radius 1 is 0.142 bits per heavy atom. The predicted octanol–water partition coefficient (Wildman–Crippen LogP) is 27.0. The topological polar surface area (TPSA) is 43.0 Å². The first-order chi connectivity index (χ1) is 52.5. The highest BCUT2D eigenvalue weighted by atomic mass is 32.3. The third-order valence-corrected chi connectivity index (χ3v) is 26.9. The first kappa shape index (κ1) is 59.7. The molecule has 9 nitrogen and oxygen atoms in total.